The van der Waals surface area contributed by atoms with Crippen molar-refractivity contribution in [2.45, 2.75) is 76.7 Å². The summed E-state index contributed by atoms with van der Waals surface area (Å²) in [7, 11) is 0. The van der Waals surface area contributed by atoms with Crippen molar-refractivity contribution in [3.05, 3.63) is 24.0 Å². The fourth-order valence-corrected chi connectivity index (χ4v) is 4.55. The van der Waals surface area contributed by atoms with Crippen LogP contribution >= 0.6 is 0 Å². The smallest absolute Gasteiger partial charge is 0.376 e. The first-order valence-corrected chi connectivity index (χ1v) is 11.0. The molecule has 4 rings (SSSR count). The van der Waals surface area contributed by atoms with E-state index in [9.17, 15) is 13.2 Å². The molecule has 3 heterocycles. The van der Waals surface area contributed by atoms with Crippen LogP contribution in [0.25, 0.3) is 11.4 Å². The second-order valence-corrected chi connectivity index (χ2v) is 8.68. The molecule has 7 nitrogen and oxygen atoms in total. The summed E-state index contributed by atoms with van der Waals surface area (Å²) >= 11 is 0. The van der Waals surface area contributed by atoms with Crippen molar-refractivity contribution in [2.24, 2.45) is 0 Å². The van der Waals surface area contributed by atoms with Gasteiger partial charge in [0.15, 0.2) is 5.82 Å². The Kier molecular flexibility index (Phi) is 6.30. The van der Waals surface area contributed by atoms with Crippen LogP contribution in [-0.4, -0.2) is 61.5 Å². The number of rotatable bonds is 5. The third-order valence-corrected chi connectivity index (χ3v) is 6.22. The van der Waals surface area contributed by atoms with E-state index in [1.807, 2.05) is 18.5 Å². The van der Waals surface area contributed by atoms with E-state index in [0.29, 0.717) is 23.5 Å². The number of alkyl halides is 3. The van der Waals surface area contributed by atoms with E-state index in [-0.39, 0.29) is 12.0 Å². The Morgan fingerprint density at radius 3 is 2.58 bits per heavy atom. The van der Waals surface area contributed by atoms with Gasteiger partial charge < -0.3 is 4.74 Å². The van der Waals surface area contributed by atoms with Crippen molar-refractivity contribution < 1.29 is 17.9 Å². The van der Waals surface area contributed by atoms with Gasteiger partial charge in [0, 0.05) is 43.5 Å². The molecule has 0 N–H and O–H groups in total. The highest BCUT2D eigenvalue weighted by Gasteiger charge is 2.36. The maximum atomic E-state index is 12.8. The summed E-state index contributed by atoms with van der Waals surface area (Å²) < 4.78 is 46.0. The van der Waals surface area contributed by atoms with Gasteiger partial charge in [0.2, 0.25) is 5.82 Å². The molecule has 0 bridgehead atoms. The first kappa shape index (κ1) is 22.1. The summed E-state index contributed by atoms with van der Waals surface area (Å²) in [6, 6.07) is 0.594. The first-order chi connectivity index (χ1) is 14.8. The topological polar surface area (TPSA) is 69.0 Å². The third kappa shape index (κ3) is 4.74. The quantitative estimate of drug-likeness (QED) is 0.701. The normalized spacial score (nSPS) is 25.5. The average molecular weight is 438 g/mol. The Labute approximate surface area is 180 Å². The monoisotopic (exact) mass is 438 g/mol. The molecule has 2 aromatic rings. The predicted octanol–water partition coefficient (Wildman–Crippen LogP) is 4.08. The van der Waals surface area contributed by atoms with Gasteiger partial charge in [-0.15, -0.1) is 0 Å². The maximum Gasteiger partial charge on any atom is 0.451 e. The zero-order valence-corrected chi connectivity index (χ0v) is 18.1. The molecule has 10 heteroatoms. The molecule has 2 fully saturated rings. The van der Waals surface area contributed by atoms with Crippen LogP contribution in [0.4, 0.5) is 13.2 Å². The average Bonchev–Trinajstić information content (AvgIpc) is 3.41. The number of morpholine rings is 1. The van der Waals surface area contributed by atoms with Crippen molar-refractivity contribution in [3.8, 4) is 11.4 Å². The van der Waals surface area contributed by atoms with Crippen molar-refractivity contribution in [2.75, 3.05) is 19.7 Å². The van der Waals surface area contributed by atoms with E-state index in [2.05, 4.69) is 26.9 Å². The molecule has 1 saturated carbocycles. The van der Waals surface area contributed by atoms with E-state index >= 15 is 0 Å². The van der Waals surface area contributed by atoms with Crippen molar-refractivity contribution in [3.63, 3.8) is 0 Å². The van der Waals surface area contributed by atoms with Crippen LogP contribution in [0.3, 0.4) is 0 Å². The molecular formula is C21H29F3N6O. The highest BCUT2D eigenvalue weighted by Crippen LogP contribution is 2.38. The molecular weight excluding hydrogens is 409 g/mol. The highest BCUT2D eigenvalue weighted by atomic mass is 19.4. The molecule has 170 valence electrons. The molecule has 1 aliphatic heterocycles. The zero-order valence-electron chi connectivity index (χ0n) is 18.1. The number of nitrogens with zero attached hydrogens (tertiary/aromatic N) is 6. The fourth-order valence-electron chi connectivity index (χ4n) is 4.55. The van der Waals surface area contributed by atoms with Gasteiger partial charge in [-0.25, -0.2) is 19.6 Å². The van der Waals surface area contributed by atoms with Crippen LogP contribution in [-0.2, 0) is 10.9 Å². The van der Waals surface area contributed by atoms with Gasteiger partial charge in [0.25, 0.3) is 0 Å². The third-order valence-electron chi connectivity index (χ3n) is 6.22. The fraction of sp³-hybridized carbons (Fsp3) is 0.714. The molecule has 1 aliphatic carbocycles. The molecule has 2 aliphatic rings. The van der Waals surface area contributed by atoms with Crippen LogP contribution in [0.2, 0.25) is 0 Å². The summed E-state index contributed by atoms with van der Waals surface area (Å²) in [5, 5.41) is 4.59. The molecule has 0 amide bonds. The number of hydrogen-bond acceptors (Lipinski definition) is 6. The number of hydrogen-bond donors (Lipinski definition) is 0. The minimum Gasteiger partial charge on any atom is -0.376 e. The predicted molar refractivity (Wildman–Crippen MR) is 108 cm³/mol. The largest absolute Gasteiger partial charge is 0.451 e. The van der Waals surface area contributed by atoms with E-state index in [4.69, 9.17) is 9.72 Å². The lowest BCUT2D eigenvalue weighted by Gasteiger charge is -2.36. The lowest BCUT2D eigenvalue weighted by molar-refractivity contribution is -0.144. The molecule has 0 aromatic carbocycles. The Morgan fingerprint density at radius 1 is 1.19 bits per heavy atom. The van der Waals surface area contributed by atoms with Gasteiger partial charge >= 0.3 is 6.18 Å². The number of halogens is 3. The van der Waals surface area contributed by atoms with Gasteiger partial charge in [-0.3, -0.25) is 4.90 Å². The van der Waals surface area contributed by atoms with E-state index in [0.717, 1.165) is 63.6 Å². The lowest BCUT2D eigenvalue weighted by Crippen LogP contribution is -2.46. The Morgan fingerprint density at radius 2 is 1.94 bits per heavy atom. The number of ether oxygens (including phenoxy) is 1. The van der Waals surface area contributed by atoms with Gasteiger partial charge in [-0.05, 0) is 39.5 Å². The number of aromatic nitrogens is 5. The summed E-state index contributed by atoms with van der Waals surface area (Å²) in [4.78, 5) is 14.2. The lowest BCUT2D eigenvalue weighted by atomic mass is 10.1. The molecule has 2 aromatic heterocycles. The van der Waals surface area contributed by atoms with E-state index in [1.165, 1.54) is 0 Å². The van der Waals surface area contributed by atoms with Gasteiger partial charge in [0.05, 0.1) is 18.3 Å². The van der Waals surface area contributed by atoms with Crippen LogP contribution in [0.1, 0.15) is 70.1 Å². The van der Waals surface area contributed by atoms with Gasteiger partial charge in [-0.1, -0.05) is 6.92 Å². The molecule has 3 atom stereocenters. The summed E-state index contributed by atoms with van der Waals surface area (Å²) in [5.74, 6) is 0.382. The Bertz CT molecular complexity index is 882. The Hall–Kier alpha value is -2.07. The van der Waals surface area contributed by atoms with E-state index in [1.54, 1.807) is 0 Å². The van der Waals surface area contributed by atoms with Gasteiger partial charge in [0.1, 0.15) is 5.82 Å². The summed E-state index contributed by atoms with van der Waals surface area (Å²) in [6.07, 6.45) is 2.18. The van der Waals surface area contributed by atoms with Crippen molar-refractivity contribution >= 4 is 0 Å². The second-order valence-electron chi connectivity index (χ2n) is 8.68. The van der Waals surface area contributed by atoms with Crippen LogP contribution < -0.4 is 0 Å². The molecule has 31 heavy (non-hydrogen) atoms. The van der Waals surface area contributed by atoms with Crippen molar-refractivity contribution in [1.29, 1.82) is 0 Å². The highest BCUT2D eigenvalue weighted by molar-refractivity contribution is 5.51. The van der Waals surface area contributed by atoms with E-state index < -0.39 is 12.0 Å². The summed E-state index contributed by atoms with van der Waals surface area (Å²) in [6.45, 7) is 8.93. The van der Waals surface area contributed by atoms with Crippen LogP contribution in [0.5, 0.6) is 0 Å². The minimum absolute atomic E-state index is 0.0959. The van der Waals surface area contributed by atoms with Crippen LogP contribution in [0.15, 0.2) is 12.4 Å². The zero-order chi connectivity index (χ0) is 22.2. The van der Waals surface area contributed by atoms with Gasteiger partial charge in [-0.2, -0.15) is 18.3 Å². The second kappa shape index (κ2) is 8.82. The SMILES string of the molecule is CC[C@@H]1CN([C@H]2CC[C@@H](c3nc(-c4cnc(C(F)(F)F)nc4)nn3C(C)C)C2)CCO1. The maximum absolute atomic E-state index is 12.8. The molecule has 0 radical (unpaired) electrons. The minimum atomic E-state index is -4.57. The standard InChI is InChI=1S/C21H29F3N6O/c1-4-17-12-29(7-8-31-17)16-6-5-14(9-16)19-27-18(28-30(19)13(2)3)15-10-25-20(26-11-15)21(22,23)24/h10-11,13-14,16-17H,4-9,12H2,1-3H3/t14-,16+,17-/m1/s1. The summed E-state index contributed by atoms with van der Waals surface area (Å²) in [5.41, 5.74) is 0.391. The molecule has 0 spiro atoms. The molecule has 1 saturated heterocycles. The van der Waals surface area contributed by atoms with Crippen LogP contribution in [0, 0.1) is 0 Å². The van der Waals surface area contributed by atoms with Crippen molar-refractivity contribution in [1.82, 2.24) is 29.6 Å². The Balaban J connectivity index is 1.53. The first-order valence-electron chi connectivity index (χ1n) is 11.0. The molecule has 0 unspecified atom stereocenters.